The highest BCUT2D eigenvalue weighted by Crippen LogP contribution is 2.05. The molecule has 0 atom stereocenters. The Labute approximate surface area is 67.7 Å². The molecule has 0 bridgehead atoms. The van der Waals surface area contributed by atoms with Crippen LogP contribution in [-0.4, -0.2) is 22.4 Å². The van der Waals surface area contributed by atoms with Gasteiger partial charge in [0.25, 0.3) is 0 Å². The Kier molecular flexibility index (Phi) is 0.889. The van der Waals surface area contributed by atoms with Crippen LogP contribution in [0, 0.1) is 0 Å². The van der Waals surface area contributed by atoms with Gasteiger partial charge in [-0.05, 0) is 12.2 Å². The van der Waals surface area contributed by atoms with Gasteiger partial charge >= 0.3 is 0 Å². The minimum Gasteiger partial charge on any atom is -0.235 e. The van der Waals surface area contributed by atoms with Gasteiger partial charge < -0.3 is 0 Å². The molecule has 3 rings (SSSR count). The van der Waals surface area contributed by atoms with Crippen molar-refractivity contribution in [2.45, 2.75) is 0 Å². The van der Waals surface area contributed by atoms with Crippen molar-refractivity contribution < 1.29 is 0 Å². The van der Waals surface area contributed by atoms with Crippen molar-refractivity contribution in [1.29, 1.82) is 0 Å². The first-order chi connectivity index (χ1) is 5.93. The molecule has 4 nitrogen and oxygen atoms in total. The molecule has 1 aromatic heterocycles. The molecule has 0 aromatic carbocycles. The number of aliphatic imine (C=N–C) groups is 2. The summed E-state index contributed by atoms with van der Waals surface area (Å²) in [6, 6.07) is 0. The lowest BCUT2D eigenvalue weighted by molar-refractivity contribution is 1.10. The predicted octanol–water partition coefficient (Wildman–Crippen LogP) is -0.531. The molecular formula is C8H4N4. The molecule has 0 aliphatic carbocycles. The van der Waals surface area contributed by atoms with Crippen LogP contribution >= 0.6 is 0 Å². The van der Waals surface area contributed by atoms with E-state index in [1.807, 2.05) is 12.2 Å². The fourth-order valence-electron chi connectivity index (χ4n) is 1.21. The van der Waals surface area contributed by atoms with E-state index in [-0.39, 0.29) is 0 Å². The van der Waals surface area contributed by atoms with Crippen molar-refractivity contribution in [3.05, 3.63) is 10.7 Å². The first kappa shape index (κ1) is 5.77. The quantitative estimate of drug-likeness (QED) is 0.507. The summed E-state index contributed by atoms with van der Waals surface area (Å²) >= 11 is 0. The van der Waals surface area contributed by atoms with E-state index < -0.39 is 0 Å². The number of hydrogen-bond acceptors (Lipinski definition) is 4. The minimum absolute atomic E-state index is 0.690. The molecule has 0 spiro atoms. The topological polar surface area (TPSA) is 50.5 Å². The van der Waals surface area contributed by atoms with Crippen molar-refractivity contribution in [3.8, 4) is 0 Å². The van der Waals surface area contributed by atoms with E-state index >= 15 is 0 Å². The lowest BCUT2D eigenvalue weighted by Crippen LogP contribution is -2.16. The fraction of sp³-hybridized carbons (Fsp3) is 0. The van der Waals surface area contributed by atoms with Gasteiger partial charge in [-0.1, -0.05) is 0 Å². The second kappa shape index (κ2) is 1.85. The van der Waals surface area contributed by atoms with Crippen LogP contribution in [0.3, 0.4) is 0 Å². The summed E-state index contributed by atoms with van der Waals surface area (Å²) in [5.74, 6) is 1.38. The average Bonchev–Trinajstić information content (AvgIpc) is 2.64. The van der Waals surface area contributed by atoms with E-state index in [0.29, 0.717) is 11.6 Å². The van der Waals surface area contributed by atoms with Gasteiger partial charge in [0.2, 0.25) is 0 Å². The lowest BCUT2D eigenvalue weighted by Gasteiger charge is -1.91. The van der Waals surface area contributed by atoms with E-state index in [1.54, 1.807) is 12.4 Å². The summed E-state index contributed by atoms with van der Waals surface area (Å²) in [7, 11) is 0. The first-order valence-electron chi connectivity index (χ1n) is 3.60. The highest BCUT2D eigenvalue weighted by Gasteiger charge is 2.06. The van der Waals surface area contributed by atoms with Crippen molar-refractivity contribution in [3.63, 3.8) is 0 Å². The molecule has 56 valence electrons. The van der Waals surface area contributed by atoms with Gasteiger partial charge in [0.05, 0.1) is 0 Å². The zero-order valence-corrected chi connectivity index (χ0v) is 6.10. The Morgan fingerprint density at radius 2 is 1.25 bits per heavy atom. The zero-order valence-electron chi connectivity index (χ0n) is 6.10. The molecule has 2 aliphatic heterocycles. The van der Waals surface area contributed by atoms with Crippen LogP contribution < -0.4 is 10.7 Å². The molecule has 3 heterocycles. The van der Waals surface area contributed by atoms with Crippen LogP contribution in [0.2, 0.25) is 0 Å². The van der Waals surface area contributed by atoms with Crippen LogP contribution in [0.25, 0.3) is 12.2 Å². The number of nitrogens with zero attached hydrogens (tertiary/aromatic N) is 4. The largest absolute Gasteiger partial charge is 0.235 e. The maximum atomic E-state index is 4.26. The Balaban J connectivity index is 2.50. The standard InChI is InChI=1S/C8H4N4/c1-3-9-7-5(1)11-8-6(12-7)2-4-10-8/h1-4H. The molecule has 0 saturated heterocycles. The highest BCUT2D eigenvalue weighted by atomic mass is 15.0. The molecule has 12 heavy (non-hydrogen) atoms. The van der Waals surface area contributed by atoms with E-state index in [9.17, 15) is 0 Å². The SMILES string of the molecule is C1=Nc2nc3c(nc2=C1)N=CC=3. The molecule has 0 fully saturated rings. The normalized spacial score (nSPS) is 15.3. The third-order valence-corrected chi connectivity index (χ3v) is 1.77. The summed E-state index contributed by atoms with van der Waals surface area (Å²) in [4.78, 5) is 16.6. The molecule has 2 aliphatic rings. The Morgan fingerprint density at radius 1 is 0.750 bits per heavy atom. The van der Waals surface area contributed by atoms with E-state index in [2.05, 4.69) is 20.0 Å². The fourth-order valence-corrected chi connectivity index (χ4v) is 1.21. The van der Waals surface area contributed by atoms with Gasteiger partial charge in [0, 0.05) is 12.4 Å². The highest BCUT2D eigenvalue weighted by molar-refractivity contribution is 5.97. The number of hydrogen-bond donors (Lipinski definition) is 0. The summed E-state index contributed by atoms with van der Waals surface area (Å²) < 4.78 is 0. The Bertz CT molecular complexity index is 475. The van der Waals surface area contributed by atoms with Crippen LogP contribution in [0.5, 0.6) is 0 Å². The summed E-state index contributed by atoms with van der Waals surface area (Å²) in [6.07, 6.45) is 7.06. The van der Waals surface area contributed by atoms with Crippen LogP contribution in [0.1, 0.15) is 0 Å². The summed E-state index contributed by atoms with van der Waals surface area (Å²) in [5.41, 5.74) is 0. The van der Waals surface area contributed by atoms with E-state index in [4.69, 9.17) is 0 Å². The number of aromatic nitrogens is 2. The molecule has 1 aromatic rings. The van der Waals surface area contributed by atoms with Gasteiger partial charge in [-0.15, -0.1) is 0 Å². The molecule has 0 saturated carbocycles. The monoisotopic (exact) mass is 156 g/mol. The van der Waals surface area contributed by atoms with Gasteiger partial charge in [0.15, 0.2) is 11.6 Å². The molecule has 4 heteroatoms. The average molecular weight is 156 g/mol. The van der Waals surface area contributed by atoms with Crippen molar-refractivity contribution in [2.24, 2.45) is 9.98 Å². The maximum absolute atomic E-state index is 4.26. The first-order valence-corrected chi connectivity index (χ1v) is 3.60. The third-order valence-electron chi connectivity index (χ3n) is 1.77. The minimum atomic E-state index is 0.690. The molecule has 0 N–H and O–H groups in total. The van der Waals surface area contributed by atoms with Gasteiger partial charge in [-0.2, -0.15) is 0 Å². The Morgan fingerprint density at radius 3 is 1.75 bits per heavy atom. The van der Waals surface area contributed by atoms with Crippen molar-refractivity contribution >= 4 is 36.2 Å². The van der Waals surface area contributed by atoms with Gasteiger partial charge in [-0.3, -0.25) is 0 Å². The summed E-state index contributed by atoms with van der Waals surface area (Å²) in [5, 5.41) is 1.61. The van der Waals surface area contributed by atoms with Gasteiger partial charge in [-0.25, -0.2) is 20.0 Å². The van der Waals surface area contributed by atoms with Crippen molar-refractivity contribution in [1.82, 2.24) is 9.97 Å². The molecule has 0 amide bonds. The molecular weight excluding hydrogens is 152 g/mol. The zero-order chi connectivity index (χ0) is 7.97. The van der Waals surface area contributed by atoms with E-state index in [1.165, 1.54) is 0 Å². The summed E-state index contributed by atoms with van der Waals surface area (Å²) in [6.45, 7) is 0. The predicted molar refractivity (Wildman–Crippen MR) is 46.5 cm³/mol. The lowest BCUT2D eigenvalue weighted by atomic mass is 10.5. The molecule has 0 unspecified atom stereocenters. The maximum Gasteiger partial charge on any atom is 0.178 e. The Hall–Kier alpha value is -1.84. The van der Waals surface area contributed by atoms with Crippen molar-refractivity contribution in [2.75, 3.05) is 0 Å². The second-order valence-corrected chi connectivity index (χ2v) is 2.53. The molecule has 0 radical (unpaired) electrons. The second-order valence-electron chi connectivity index (χ2n) is 2.53. The smallest absolute Gasteiger partial charge is 0.178 e. The van der Waals surface area contributed by atoms with Crippen LogP contribution in [0.4, 0.5) is 11.6 Å². The van der Waals surface area contributed by atoms with Crippen LogP contribution in [0.15, 0.2) is 9.98 Å². The van der Waals surface area contributed by atoms with E-state index in [0.717, 1.165) is 10.7 Å². The van der Waals surface area contributed by atoms with Crippen LogP contribution in [-0.2, 0) is 0 Å². The number of fused-ring (bicyclic) bond motifs is 2. The number of rotatable bonds is 0. The van der Waals surface area contributed by atoms with Gasteiger partial charge in [0.1, 0.15) is 10.7 Å². The third kappa shape index (κ3) is 0.611.